The van der Waals surface area contributed by atoms with Crippen LogP contribution < -0.4 is 10.5 Å². The number of aromatic hydroxyl groups is 1. The molecule has 0 spiro atoms. The zero-order valence-electron chi connectivity index (χ0n) is 23.6. The van der Waals surface area contributed by atoms with E-state index in [1.54, 1.807) is 0 Å². The Balaban J connectivity index is 2.49. The van der Waals surface area contributed by atoms with Gasteiger partial charge in [0.2, 0.25) is 0 Å². The van der Waals surface area contributed by atoms with E-state index in [9.17, 15) is 9.90 Å². The highest BCUT2D eigenvalue weighted by Gasteiger charge is 2.36. The largest absolute Gasteiger partial charge is 0.506 e. The van der Waals surface area contributed by atoms with Gasteiger partial charge in [-0.3, -0.25) is 4.79 Å². The number of carbonyl (C=O) groups is 1. The predicted molar refractivity (Wildman–Crippen MR) is 153 cm³/mol. The van der Waals surface area contributed by atoms with Crippen molar-refractivity contribution in [1.29, 1.82) is 0 Å². The van der Waals surface area contributed by atoms with Gasteiger partial charge in [0, 0.05) is 0 Å². The first-order valence-electron chi connectivity index (χ1n) is 13.5. The minimum atomic E-state index is -0.594. The van der Waals surface area contributed by atoms with Crippen molar-refractivity contribution in [1.82, 2.24) is 0 Å². The van der Waals surface area contributed by atoms with Crippen molar-refractivity contribution in [2.75, 3.05) is 0 Å². The van der Waals surface area contributed by atoms with Gasteiger partial charge < -0.3 is 15.6 Å². The molecule has 198 valence electrons. The molecule has 1 unspecified atom stereocenters. The van der Waals surface area contributed by atoms with Crippen LogP contribution in [0.2, 0.25) is 0 Å². The fourth-order valence-corrected chi connectivity index (χ4v) is 4.71. The Kier molecular flexibility index (Phi) is 11.1. The summed E-state index contributed by atoms with van der Waals surface area (Å²) in [6.07, 6.45) is 17.1. The van der Waals surface area contributed by atoms with Gasteiger partial charge in [-0.15, -0.1) is 0 Å². The third kappa shape index (κ3) is 8.15. The van der Waals surface area contributed by atoms with Gasteiger partial charge in [0.15, 0.2) is 0 Å². The minimum absolute atomic E-state index is 0.0559. The van der Waals surface area contributed by atoms with Gasteiger partial charge in [0.05, 0.1) is 11.1 Å². The number of unbranched alkanes of at least 4 members (excludes halogenated alkanes) is 2. The number of nitrogens with two attached hydrogens (primary N) is 1. The smallest absolute Gasteiger partial charge is 0.252 e. The number of allylic oxidation sites excluding steroid dienone is 6. The summed E-state index contributed by atoms with van der Waals surface area (Å²) in [6.45, 7) is 14.9. The molecule has 1 aromatic rings. The molecule has 0 aromatic heterocycles. The lowest BCUT2D eigenvalue weighted by Crippen LogP contribution is -2.37. The number of hydrogen-bond acceptors (Lipinski definition) is 3. The van der Waals surface area contributed by atoms with Crippen LogP contribution in [-0.2, 0) is 6.42 Å². The summed E-state index contributed by atoms with van der Waals surface area (Å²) in [5.41, 5.74) is 11.8. The van der Waals surface area contributed by atoms with Crippen LogP contribution in [0, 0.1) is 0 Å². The Hall–Kier alpha value is -2.75. The van der Waals surface area contributed by atoms with Gasteiger partial charge in [-0.2, -0.15) is 0 Å². The molecule has 3 N–H and O–H groups in total. The van der Waals surface area contributed by atoms with Crippen LogP contribution in [0.3, 0.4) is 0 Å². The maximum absolute atomic E-state index is 12.3. The van der Waals surface area contributed by atoms with Gasteiger partial charge in [0.25, 0.3) is 5.91 Å². The van der Waals surface area contributed by atoms with Gasteiger partial charge in [-0.1, -0.05) is 54.7 Å². The van der Waals surface area contributed by atoms with Crippen LogP contribution in [0.25, 0.3) is 6.08 Å². The van der Waals surface area contributed by atoms with Crippen molar-refractivity contribution >= 4 is 12.0 Å². The molecule has 1 aromatic carbocycles. The monoisotopic (exact) mass is 493 g/mol. The lowest BCUT2D eigenvalue weighted by Gasteiger charge is -2.38. The number of carbonyl (C=O) groups excluding carboxylic acids is 1. The van der Waals surface area contributed by atoms with Crippen LogP contribution in [0.5, 0.6) is 11.5 Å². The van der Waals surface area contributed by atoms with E-state index >= 15 is 0 Å². The number of hydrogen-bond donors (Lipinski definition) is 2. The third-order valence-electron chi connectivity index (χ3n) is 6.95. The Morgan fingerprint density at radius 2 is 1.72 bits per heavy atom. The number of amides is 1. The third-order valence-corrected chi connectivity index (χ3v) is 6.95. The number of phenols is 1. The number of benzene rings is 1. The molecule has 1 aliphatic rings. The van der Waals surface area contributed by atoms with Crippen molar-refractivity contribution < 1.29 is 14.6 Å². The van der Waals surface area contributed by atoms with E-state index in [4.69, 9.17) is 10.5 Å². The van der Waals surface area contributed by atoms with E-state index < -0.39 is 11.5 Å². The Morgan fingerprint density at radius 3 is 2.33 bits per heavy atom. The average Bonchev–Trinajstić information content (AvgIpc) is 2.77. The molecule has 0 fully saturated rings. The molecule has 1 aliphatic heterocycles. The lowest BCUT2D eigenvalue weighted by atomic mass is 9.83. The summed E-state index contributed by atoms with van der Waals surface area (Å²) in [4.78, 5) is 12.3. The van der Waals surface area contributed by atoms with Crippen molar-refractivity contribution in [2.45, 2.75) is 112 Å². The number of rotatable bonds is 13. The molecule has 36 heavy (non-hydrogen) atoms. The molecule has 0 aliphatic carbocycles. The highest BCUT2D eigenvalue weighted by atomic mass is 16.5. The van der Waals surface area contributed by atoms with Crippen molar-refractivity contribution in [2.24, 2.45) is 5.73 Å². The first kappa shape index (κ1) is 29.5. The summed E-state index contributed by atoms with van der Waals surface area (Å²) in [5, 5.41) is 11.2. The summed E-state index contributed by atoms with van der Waals surface area (Å²) < 4.78 is 6.67. The molecule has 0 saturated carbocycles. The van der Waals surface area contributed by atoms with Gasteiger partial charge >= 0.3 is 0 Å². The summed E-state index contributed by atoms with van der Waals surface area (Å²) in [5.74, 6) is -0.0139. The molecule has 0 radical (unpaired) electrons. The Morgan fingerprint density at radius 1 is 1.06 bits per heavy atom. The van der Waals surface area contributed by atoms with E-state index in [-0.39, 0.29) is 11.3 Å². The van der Waals surface area contributed by atoms with Crippen LogP contribution in [0.4, 0.5) is 0 Å². The molecular formula is C32H47NO3. The molecule has 1 amide bonds. The molecule has 4 nitrogen and oxygen atoms in total. The zero-order chi connectivity index (χ0) is 26.9. The highest BCUT2D eigenvalue weighted by molar-refractivity contribution is 5.99. The molecule has 0 bridgehead atoms. The standard InChI is InChI=1S/C32H47NO3/c1-8-9-10-16-25-20-28-27(30(34)29(25)31(33)35)21-26(18-17-24(6)15-11-13-22(2)3)32(7,36-28)19-12-14-23(4)5/h13-14,17,20-21,34H,8-12,15-16,18-19H2,1-7H3,(H2,33,35). The fourth-order valence-electron chi connectivity index (χ4n) is 4.71. The van der Waals surface area contributed by atoms with E-state index in [0.29, 0.717) is 17.7 Å². The van der Waals surface area contributed by atoms with Gasteiger partial charge in [0.1, 0.15) is 17.1 Å². The summed E-state index contributed by atoms with van der Waals surface area (Å²) in [6, 6.07) is 1.93. The predicted octanol–water partition coefficient (Wildman–Crippen LogP) is 8.59. The second kappa shape index (κ2) is 13.5. The number of aryl methyl sites for hydroxylation is 1. The summed E-state index contributed by atoms with van der Waals surface area (Å²) >= 11 is 0. The maximum atomic E-state index is 12.3. The van der Waals surface area contributed by atoms with Crippen LogP contribution in [0.1, 0.15) is 121 Å². The van der Waals surface area contributed by atoms with E-state index in [1.165, 1.54) is 16.7 Å². The fraction of sp³-hybridized carbons (Fsp3) is 0.531. The topological polar surface area (TPSA) is 72.5 Å². The van der Waals surface area contributed by atoms with Crippen LogP contribution in [0.15, 0.2) is 46.6 Å². The van der Waals surface area contributed by atoms with Crippen LogP contribution >= 0.6 is 0 Å². The molecule has 0 saturated heterocycles. The lowest BCUT2D eigenvalue weighted by molar-refractivity contribution is 0.0995. The van der Waals surface area contributed by atoms with E-state index in [1.807, 2.05) is 12.1 Å². The van der Waals surface area contributed by atoms with Gasteiger partial charge in [-0.05, 0) is 110 Å². The second-order valence-electron chi connectivity index (χ2n) is 10.9. The minimum Gasteiger partial charge on any atom is -0.506 e. The summed E-state index contributed by atoms with van der Waals surface area (Å²) in [7, 11) is 0. The van der Waals surface area contributed by atoms with Crippen molar-refractivity contribution in [3.8, 4) is 11.5 Å². The van der Waals surface area contributed by atoms with Crippen molar-refractivity contribution in [3.05, 3.63) is 63.3 Å². The molecule has 2 rings (SSSR count). The van der Waals surface area contributed by atoms with Crippen LogP contribution in [-0.4, -0.2) is 16.6 Å². The number of ether oxygens (including phenoxy) is 1. The maximum Gasteiger partial charge on any atom is 0.252 e. The Bertz CT molecular complexity index is 1050. The Labute approximate surface area is 219 Å². The molecule has 1 heterocycles. The number of fused-ring (bicyclic) bond motifs is 1. The van der Waals surface area contributed by atoms with E-state index in [0.717, 1.165) is 62.5 Å². The van der Waals surface area contributed by atoms with Crippen molar-refractivity contribution in [3.63, 3.8) is 0 Å². The zero-order valence-corrected chi connectivity index (χ0v) is 23.6. The molecular weight excluding hydrogens is 446 g/mol. The first-order valence-corrected chi connectivity index (χ1v) is 13.5. The SMILES string of the molecule is CCCCCc1cc2c(c(O)c1C(N)=O)C=C(CC=C(C)CCC=C(C)C)C(C)(CCC=C(C)C)O2. The van der Waals surface area contributed by atoms with Gasteiger partial charge in [-0.25, -0.2) is 0 Å². The van der Waals surface area contributed by atoms with E-state index in [2.05, 4.69) is 66.7 Å². The number of primary amides is 1. The first-order chi connectivity index (χ1) is 17.0. The highest BCUT2D eigenvalue weighted by Crippen LogP contribution is 2.45. The normalized spacial score (nSPS) is 17.1. The molecule has 4 heteroatoms. The molecule has 1 atom stereocenters. The average molecular weight is 494 g/mol. The second-order valence-corrected chi connectivity index (χ2v) is 10.9. The quantitative estimate of drug-likeness (QED) is 0.213.